The zero-order valence-electron chi connectivity index (χ0n) is 9.38. The lowest BCUT2D eigenvalue weighted by molar-refractivity contribution is 1.07. The molecule has 2 aromatic rings. The van der Waals surface area contributed by atoms with Crippen molar-refractivity contribution in [1.82, 2.24) is 4.98 Å². The van der Waals surface area contributed by atoms with Crippen molar-refractivity contribution in [2.75, 3.05) is 0 Å². The van der Waals surface area contributed by atoms with Gasteiger partial charge in [-0.15, -0.1) is 0 Å². The first kappa shape index (κ1) is 11.3. The number of nitrogens with zero attached hydrogens (tertiary/aromatic N) is 2. The van der Waals surface area contributed by atoms with Crippen LogP contribution < -0.4 is 11.5 Å². The van der Waals surface area contributed by atoms with Crippen molar-refractivity contribution in [1.29, 1.82) is 0 Å². The van der Waals surface area contributed by atoms with Crippen LogP contribution in [0.25, 0.3) is 0 Å². The minimum absolute atomic E-state index is 0.403. The van der Waals surface area contributed by atoms with E-state index in [-0.39, 0.29) is 0 Å². The van der Waals surface area contributed by atoms with Gasteiger partial charge in [-0.25, -0.2) is 4.99 Å². The first-order valence-corrected chi connectivity index (χ1v) is 5.34. The molecule has 4 N–H and O–H groups in total. The maximum atomic E-state index is 5.87. The molecule has 0 unspecified atom stereocenters. The van der Waals surface area contributed by atoms with Crippen LogP contribution in [0.4, 0.5) is 5.69 Å². The van der Waals surface area contributed by atoms with Crippen LogP contribution >= 0.6 is 0 Å². The predicted octanol–water partition coefficient (Wildman–Crippen LogP) is 1.58. The van der Waals surface area contributed by atoms with E-state index in [1.807, 2.05) is 42.5 Å². The summed E-state index contributed by atoms with van der Waals surface area (Å²) in [4.78, 5) is 8.45. The number of amidine groups is 1. The average Bonchev–Trinajstić information content (AvgIpc) is 2.40. The summed E-state index contributed by atoms with van der Waals surface area (Å²) in [7, 11) is 0. The van der Waals surface area contributed by atoms with E-state index in [2.05, 4.69) is 9.98 Å². The number of aromatic nitrogens is 1. The normalized spacial score (nSPS) is 11.5. The van der Waals surface area contributed by atoms with Crippen molar-refractivity contribution >= 4 is 11.5 Å². The summed E-state index contributed by atoms with van der Waals surface area (Å²) >= 11 is 0. The average molecular weight is 226 g/mol. The van der Waals surface area contributed by atoms with Crippen molar-refractivity contribution in [2.24, 2.45) is 16.5 Å². The van der Waals surface area contributed by atoms with E-state index in [1.165, 1.54) is 0 Å². The Morgan fingerprint density at radius 2 is 2.06 bits per heavy atom. The largest absolute Gasteiger partial charge is 0.382 e. The molecule has 1 aromatic heterocycles. The van der Waals surface area contributed by atoms with Crippen molar-refractivity contribution in [3.8, 4) is 0 Å². The summed E-state index contributed by atoms with van der Waals surface area (Å²) in [6, 6.07) is 13.2. The Hall–Kier alpha value is -2.20. The van der Waals surface area contributed by atoms with Crippen LogP contribution in [0.2, 0.25) is 0 Å². The Balaban J connectivity index is 2.29. The first-order chi connectivity index (χ1) is 8.29. The number of rotatable bonds is 3. The second-order valence-electron chi connectivity index (χ2n) is 3.59. The van der Waals surface area contributed by atoms with Gasteiger partial charge in [0.25, 0.3) is 0 Å². The van der Waals surface area contributed by atoms with Gasteiger partial charge in [-0.3, -0.25) is 4.98 Å². The van der Waals surface area contributed by atoms with Gasteiger partial charge in [-0.05, 0) is 29.8 Å². The predicted molar refractivity (Wildman–Crippen MR) is 69.0 cm³/mol. The lowest BCUT2D eigenvalue weighted by atomic mass is 10.2. The number of pyridine rings is 1. The second kappa shape index (κ2) is 5.23. The van der Waals surface area contributed by atoms with Crippen LogP contribution in [0, 0.1) is 0 Å². The van der Waals surface area contributed by atoms with E-state index in [9.17, 15) is 0 Å². The minimum Gasteiger partial charge on any atom is -0.382 e. The smallest absolute Gasteiger partial charge is 0.150 e. The number of hydrogen-bond donors (Lipinski definition) is 2. The van der Waals surface area contributed by atoms with Gasteiger partial charge in [-0.1, -0.05) is 18.2 Å². The fourth-order valence-electron chi connectivity index (χ4n) is 1.46. The molecule has 0 spiro atoms. The van der Waals surface area contributed by atoms with E-state index in [0.29, 0.717) is 18.1 Å². The monoisotopic (exact) mass is 226 g/mol. The lowest BCUT2D eigenvalue weighted by Crippen LogP contribution is -2.14. The van der Waals surface area contributed by atoms with Crippen LogP contribution in [0.1, 0.15) is 11.3 Å². The molecule has 0 saturated heterocycles. The quantitative estimate of drug-likeness (QED) is 0.616. The van der Waals surface area contributed by atoms with Gasteiger partial charge in [0.2, 0.25) is 0 Å². The molecule has 4 nitrogen and oxygen atoms in total. The maximum Gasteiger partial charge on any atom is 0.150 e. The third kappa shape index (κ3) is 2.89. The Bertz CT molecular complexity index is 520. The third-order valence-electron chi connectivity index (χ3n) is 2.32. The summed E-state index contributed by atoms with van der Waals surface area (Å²) in [5, 5.41) is 0. The molecule has 0 aliphatic heterocycles. The summed E-state index contributed by atoms with van der Waals surface area (Å²) < 4.78 is 0. The van der Waals surface area contributed by atoms with Crippen molar-refractivity contribution in [3.63, 3.8) is 0 Å². The molecule has 0 fully saturated rings. The highest BCUT2D eigenvalue weighted by atomic mass is 14.9. The summed E-state index contributed by atoms with van der Waals surface area (Å²) in [6.45, 7) is 0.493. The standard InChI is InChI=1S/C13H14N4/c14-9-10-4-3-5-11(8-10)17-13(15)12-6-1-2-7-16-12/h1-8H,9,14H2,(H2,15,17). The molecule has 17 heavy (non-hydrogen) atoms. The highest BCUT2D eigenvalue weighted by Crippen LogP contribution is 2.14. The molecule has 86 valence electrons. The zero-order valence-corrected chi connectivity index (χ0v) is 9.38. The highest BCUT2D eigenvalue weighted by Gasteiger charge is 1.99. The van der Waals surface area contributed by atoms with Crippen molar-refractivity contribution in [3.05, 3.63) is 59.9 Å². The Kier molecular flexibility index (Phi) is 3.47. The maximum absolute atomic E-state index is 5.87. The molecule has 0 saturated carbocycles. The van der Waals surface area contributed by atoms with Crippen LogP contribution in [0.15, 0.2) is 53.7 Å². The molecule has 0 atom stereocenters. The molecule has 0 aliphatic carbocycles. The fraction of sp³-hybridized carbons (Fsp3) is 0.0769. The van der Waals surface area contributed by atoms with Crippen molar-refractivity contribution in [2.45, 2.75) is 6.54 Å². The van der Waals surface area contributed by atoms with Gasteiger partial charge < -0.3 is 11.5 Å². The first-order valence-electron chi connectivity index (χ1n) is 5.34. The van der Waals surface area contributed by atoms with Crippen LogP contribution in [-0.4, -0.2) is 10.8 Å². The summed E-state index contributed by atoms with van der Waals surface area (Å²) in [6.07, 6.45) is 1.69. The van der Waals surface area contributed by atoms with E-state index in [1.54, 1.807) is 6.20 Å². The van der Waals surface area contributed by atoms with E-state index >= 15 is 0 Å². The molecule has 0 bridgehead atoms. The second-order valence-corrected chi connectivity index (χ2v) is 3.59. The summed E-state index contributed by atoms with van der Waals surface area (Å²) in [5.41, 5.74) is 13.9. The molecular formula is C13H14N4. The Labute approximate surface area is 100 Å². The van der Waals surface area contributed by atoms with E-state index in [0.717, 1.165) is 11.3 Å². The Morgan fingerprint density at radius 1 is 1.18 bits per heavy atom. The molecule has 0 radical (unpaired) electrons. The minimum atomic E-state index is 0.403. The van der Waals surface area contributed by atoms with Gasteiger partial charge in [0.05, 0.1) is 5.69 Å². The molecule has 0 amide bonds. The molecule has 0 aliphatic rings. The Morgan fingerprint density at radius 3 is 2.76 bits per heavy atom. The third-order valence-corrected chi connectivity index (χ3v) is 2.32. The van der Waals surface area contributed by atoms with Crippen LogP contribution in [0.3, 0.4) is 0 Å². The number of benzene rings is 1. The SMILES string of the molecule is NCc1cccc(N=C(N)c2ccccn2)c1. The van der Waals surface area contributed by atoms with E-state index in [4.69, 9.17) is 11.5 Å². The van der Waals surface area contributed by atoms with Gasteiger partial charge in [0.1, 0.15) is 11.5 Å². The number of nitrogens with two attached hydrogens (primary N) is 2. The summed E-state index contributed by atoms with van der Waals surface area (Å²) in [5.74, 6) is 0.403. The lowest BCUT2D eigenvalue weighted by Gasteiger charge is -2.01. The molecule has 2 rings (SSSR count). The number of hydrogen-bond acceptors (Lipinski definition) is 3. The van der Waals surface area contributed by atoms with Crippen LogP contribution in [-0.2, 0) is 6.54 Å². The van der Waals surface area contributed by atoms with Gasteiger partial charge in [0, 0.05) is 12.7 Å². The van der Waals surface area contributed by atoms with Gasteiger partial charge in [0.15, 0.2) is 0 Å². The van der Waals surface area contributed by atoms with Gasteiger partial charge >= 0.3 is 0 Å². The zero-order chi connectivity index (χ0) is 12.1. The molecule has 1 heterocycles. The highest BCUT2D eigenvalue weighted by molar-refractivity contribution is 5.97. The molecule has 1 aromatic carbocycles. The van der Waals surface area contributed by atoms with Crippen molar-refractivity contribution < 1.29 is 0 Å². The molecule has 4 heteroatoms. The van der Waals surface area contributed by atoms with Gasteiger partial charge in [-0.2, -0.15) is 0 Å². The van der Waals surface area contributed by atoms with Crippen LogP contribution in [0.5, 0.6) is 0 Å². The topological polar surface area (TPSA) is 77.3 Å². The van der Waals surface area contributed by atoms with E-state index < -0.39 is 0 Å². The fourth-order valence-corrected chi connectivity index (χ4v) is 1.46. The number of aliphatic imine (C=N–C) groups is 1. The molecular weight excluding hydrogens is 212 g/mol.